The van der Waals surface area contributed by atoms with Crippen molar-refractivity contribution in [1.82, 2.24) is 4.98 Å². The number of hydrogen-bond acceptors (Lipinski definition) is 3. The highest BCUT2D eigenvalue weighted by Crippen LogP contribution is 2.24. The first-order chi connectivity index (χ1) is 8.79. The van der Waals surface area contributed by atoms with Crippen molar-refractivity contribution in [3.8, 4) is 0 Å². The van der Waals surface area contributed by atoms with Gasteiger partial charge in [0.2, 0.25) is 0 Å². The summed E-state index contributed by atoms with van der Waals surface area (Å²) >= 11 is 0. The maximum Gasteiger partial charge on any atom is 0.278 e. The van der Waals surface area contributed by atoms with Crippen LogP contribution in [0.5, 0.6) is 0 Å². The zero-order chi connectivity index (χ0) is 14.1. The SMILES string of the molecule is C=S(=O)(Cc1cccc(C(C)(C)C)c1)c1ncco1. The molecule has 0 spiro atoms. The Bertz CT molecular complexity index is 650. The summed E-state index contributed by atoms with van der Waals surface area (Å²) in [5, 5.41) is 0.216. The molecule has 1 heterocycles. The zero-order valence-electron chi connectivity index (χ0n) is 11.6. The highest BCUT2D eigenvalue weighted by atomic mass is 32.2. The molecule has 1 unspecified atom stereocenters. The molecule has 0 radical (unpaired) electrons. The number of benzene rings is 1. The van der Waals surface area contributed by atoms with Crippen LogP contribution in [0.2, 0.25) is 0 Å². The van der Waals surface area contributed by atoms with Crippen LogP contribution in [0.4, 0.5) is 0 Å². The highest BCUT2D eigenvalue weighted by molar-refractivity contribution is 7.99. The fourth-order valence-corrected chi connectivity index (χ4v) is 3.18. The van der Waals surface area contributed by atoms with Crippen molar-refractivity contribution in [2.45, 2.75) is 37.2 Å². The zero-order valence-corrected chi connectivity index (χ0v) is 12.4. The maximum atomic E-state index is 12.5. The third-order valence-corrected chi connectivity index (χ3v) is 4.56. The first kappa shape index (κ1) is 13.9. The third-order valence-electron chi connectivity index (χ3n) is 2.92. The number of hydrogen-bond donors (Lipinski definition) is 0. The molecular weight excluding hydrogens is 258 g/mol. The average Bonchev–Trinajstić information content (AvgIpc) is 2.81. The summed E-state index contributed by atoms with van der Waals surface area (Å²) < 4.78 is 17.6. The summed E-state index contributed by atoms with van der Waals surface area (Å²) in [6.45, 7) is 6.46. The molecule has 0 aliphatic heterocycles. The Hall–Kier alpha value is -1.55. The molecule has 102 valence electrons. The van der Waals surface area contributed by atoms with Crippen molar-refractivity contribution in [3.05, 3.63) is 47.9 Å². The van der Waals surface area contributed by atoms with Gasteiger partial charge in [0.1, 0.15) is 6.26 Å². The molecule has 2 aromatic rings. The minimum Gasteiger partial charge on any atom is -0.439 e. The monoisotopic (exact) mass is 277 g/mol. The van der Waals surface area contributed by atoms with Gasteiger partial charge in [-0.15, -0.1) is 0 Å². The van der Waals surface area contributed by atoms with Gasteiger partial charge in [-0.1, -0.05) is 45.0 Å². The predicted molar refractivity (Wildman–Crippen MR) is 78.9 cm³/mol. The van der Waals surface area contributed by atoms with Crippen LogP contribution >= 0.6 is 0 Å². The minimum atomic E-state index is -2.51. The van der Waals surface area contributed by atoms with Gasteiger partial charge in [0.25, 0.3) is 5.22 Å². The Morgan fingerprint density at radius 2 is 2.11 bits per heavy atom. The van der Waals surface area contributed by atoms with E-state index in [0.717, 1.165) is 5.56 Å². The van der Waals surface area contributed by atoms with Gasteiger partial charge in [-0.3, -0.25) is 4.21 Å². The standard InChI is InChI=1S/C15H19NO2S/c1-15(2,3)13-7-5-6-12(10-13)11-19(4,17)14-16-8-9-18-14/h5-10H,4,11H2,1-3H3. The second kappa shape index (κ2) is 4.85. The summed E-state index contributed by atoms with van der Waals surface area (Å²) in [4.78, 5) is 3.95. The van der Waals surface area contributed by atoms with E-state index in [1.807, 2.05) is 12.1 Å². The van der Waals surface area contributed by atoms with E-state index in [2.05, 4.69) is 43.8 Å². The molecule has 0 aliphatic carbocycles. The van der Waals surface area contributed by atoms with Gasteiger partial charge in [0.15, 0.2) is 0 Å². The van der Waals surface area contributed by atoms with Crippen LogP contribution < -0.4 is 0 Å². The van der Waals surface area contributed by atoms with E-state index >= 15 is 0 Å². The summed E-state index contributed by atoms with van der Waals surface area (Å²) in [6, 6.07) is 8.11. The van der Waals surface area contributed by atoms with Crippen molar-refractivity contribution in [1.29, 1.82) is 0 Å². The number of aromatic nitrogens is 1. The Morgan fingerprint density at radius 1 is 1.37 bits per heavy atom. The van der Waals surface area contributed by atoms with Crippen LogP contribution in [0, 0.1) is 0 Å². The molecule has 3 nitrogen and oxygen atoms in total. The van der Waals surface area contributed by atoms with Gasteiger partial charge in [-0.2, -0.15) is 0 Å². The number of nitrogens with zero attached hydrogens (tertiary/aromatic N) is 1. The molecule has 0 fully saturated rings. The van der Waals surface area contributed by atoms with Crippen molar-refractivity contribution in [3.63, 3.8) is 0 Å². The smallest absolute Gasteiger partial charge is 0.278 e. The summed E-state index contributed by atoms with van der Waals surface area (Å²) in [6.07, 6.45) is 2.91. The van der Waals surface area contributed by atoms with E-state index in [-0.39, 0.29) is 10.6 Å². The molecule has 19 heavy (non-hydrogen) atoms. The molecule has 1 atom stereocenters. The molecule has 2 rings (SSSR count). The lowest BCUT2D eigenvalue weighted by atomic mass is 9.86. The lowest BCUT2D eigenvalue weighted by Crippen LogP contribution is -2.12. The lowest BCUT2D eigenvalue weighted by Gasteiger charge is -2.20. The number of oxazole rings is 1. The molecule has 0 saturated heterocycles. The van der Waals surface area contributed by atoms with Crippen molar-refractivity contribution < 1.29 is 8.63 Å². The van der Waals surface area contributed by atoms with Crippen LogP contribution in [0.25, 0.3) is 0 Å². The Morgan fingerprint density at radius 3 is 2.68 bits per heavy atom. The molecule has 0 saturated carbocycles. The Kier molecular flexibility index (Phi) is 3.54. The van der Waals surface area contributed by atoms with Gasteiger partial charge >= 0.3 is 0 Å². The molecule has 0 amide bonds. The van der Waals surface area contributed by atoms with Gasteiger partial charge in [-0.05, 0) is 22.4 Å². The molecule has 0 aliphatic rings. The van der Waals surface area contributed by atoms with Crippen LogP contribution in [0.3, 0.4) is 0 Å². The largest absolute Gasteiger partial charge is 0.439 e. The number of rotatable bonds is 3. The fourth-order valence-electron chi connectivity index (χ4n) is 1.85. The molecule has 1 aromatic carbocycles. The van der Waals surface area contributed by atoms with Gasteiger partial charge in [0, 0.05) is 5.75 Å². The van der Waals surface area contributed by atoms with E-state index in [9.17, 15) is 4.21 Å². The van der Waals surface area contributed by atoms with Gasteiger partial charge in [-0.25, -0.2) is 4.98 Å². The Labute approximate surface area is 114 Å². The quantitative estimate of drug-likeness (QED) is 0.809. The second-order valence-electron chi connectivity index (χ2n) is 5.70. The molecule has 1 aromatic heterocycles. The first-order valence-corrected chi connectivity index (χ1v) is 8.02. The first-order valence-electron chi connectivity index (χ1n) is 6.13. The van der Waals surface area contributed by atoms with Crippen LogP contribution in [0.15, 0.2) is 46.4 Å². The normalized spacial score (nSPS) is 15.1. The minimum absolute atomic E-state index is 0.0704. The van der Waals surface area contributed by atoms with Gasteiger partial charge in [0.05, 0.1) is 15.7 Å². The molecule has 0 bridgehead atoms. The van der Waals surface area contributed by atoms with Gasteiger partial charge < -0.3 is 4.42 Å². The van der Waals surface area contributed by atoms with E-state index < -0.39 is 9.52 Å². The van der Waals surface area contributed by atoms with Crippen molar-refractivity contribution in [2.24, 2.45) is 0 Å². The van der Waals surface area contributed by atoms with E-state index in [4.69, 9.17) is 4.42 Å². The summed E-state index contributed by atoms with van der Waals surface area (Å²) in [7, 11) is -2.51. The lowest BCUT2D eigenvalue weighted by molar-refractivity contribution is 0.443. The molecule has 0 N–H and O–H groups in total. The molecular formula is C15H19NO2S. The van der Waals surface area contributed by atoms with Crippen LogP contribution in [0.1, 0.15) is 31.9 Å². The van der Waals surface area contributed by atoms with Crippen LogP contribution in [-0.4, -0.2) is 15.1 Å². The third kappa shape index (κ3) is 3.26. The summed E-state index contributed by atoms with van der Waals surface area (Å²) in [5.74, 6) is 4.12. The average molecular weight is 277 g/mol. The maximum absolute atomic E-state index is 12.5. The van der Waals surface area contributed by atoms with E-state index in [1.165, 1.54) is 18.0 Å². The summed E-state index contributed by atoms with van der Waals surface area (Å²) in [5.41, 5.74) is 2.28. The molecule has 4 heteroatoms. The topological polar surface area (TPSA) is 43.1 Å². The van der Waals surface area contributed by atoms with E-state index in [0.29, 0.717) is 5.75 Å². The predicted octanol–water partition coefficient (Wildman–Crippen LogP) is 3.25. The highest BCUT2D eigenvalue weighted by Gasteiger charge is 2.17. The van der Waals surface area contributed by atoms with Crippen molar-refractivity contribution in [2.75, 3.05) is 0 Å². The fraction of sp³-hybridized carbons (Fsp3) is 0.333. The second-order valence-corrected chi connectivity index (χ2v) is 7.97. The Balaban J connectivity index is 2.30. The van der Waals surface area contributed by atoms with E-state index in [1.54, 1.807) is 0 Å². The van der Waals surface area contributed by atoms with Crippen LogP contribution in [-0.2, 0) is 20.7 Å². The van der Waals surface area contributed by atoms with Crippen molar-refractivity contribution >= 4 is 15.4 Å².